The Hall–Kier alpha value is -2.64. The lowest BCUT2D eigenvalue weighted by Gasteiger charge is -2.12. The van der Waals surface area contributed by atoms with Crippen LogP contribution in [0.2, 0.25) is 0 Å². The van der Waals surface area contributed by atoms with E-state index in [1.807, 2.05) is 13.8 Å². The van der Waals surface area contributed by atoms with Crippen LogP contribution in [0.3, 0.4) is 0 Å². The number of carbonyl (C=O) groups is 2. The van der Waals surface area contributed by atoms with Crippen molar-refractivity contribution < 1.29 is 19.2 Å². The highest BCUT2D eigenvalue weighted by atomic mass is 16.6. The number of nitrogens with one attached hydrogen (secondary N) is 2. The van der Waals surface area contributed by atoms with Gasteiger partial charge < -0.3 is 15.4 Å². The molecule has 0 bridgehead atoms. The van der Waals surface area contributed by atoms with E-state index in [9.17, 15) is 19.7 Å². The standard InChI is InChI=1S/C14H19N3O5/c1-4-9(2)16-13(18)8-22-14(19)11-7-10(17(20)21)5-6-12(11)15-3/h5-7,9,15H,4,8H2,1-3H3,(H,16,18)/t9-/m1/s1. The van der Waals surface area contributed by atoms with Crippen LogP contribution in [0.15, 0.2) is 18.2 Å². The number of anilines is 1. The van der Waals surface area contributed by atoms with E-state index in [-0.39, 0.29) is 17.3 Å². The number of nitro benzene ring substituents is 1. The van der Waals surface area contributed by atoms with Crippen molar-refractivity contribution in [2.45, 2.75) is 26.3 Å². The normalized spacial score (nSPS) is 11.4. The van der Waals surface area contributed by atoms with E-state index in [4.69, 9.17) is 4.74 Å². The van der Waals surface area contributed by atoms with Gasteiger partial charge in [-0.05, 0) is 19.4 Å². The van der Waals surface area contributed by atoms with Crippen LogP contribution in [0.4, 0.5) is 11.4 Å². The predicted molar refractivity (Wildman–Crippen MR) is 80.8 cm³/mol. The molecule has 8 nitrogen and oxygen atoms in total. The molecule has 1 amide bonds. The van der Waals surface area contributed by atoms with Crippen molar-refractivity contribution in [3.8, 4) is 0 Å². The van der Waals surface area contributed by atoms with Crippen LogP contribution < -0.4 is 10.6 Å². The minimum Gasteiger partial charge on any atom is -0.452 e. The summed E-state index contributed by atoms with van der Waals surface area (Å²) in [5, 5.41) is 16.2. The third-order valence-electron chi connectivity index (χ3n) is 3.06. The van der Waals surface area contributed by atoms with Crippen molar-refractivity contribution >= 4 is 23.3 Å². The largest absolute Gasteiger partial charge is 0.452 e. The van der Waals surface area contributed by atoms with Crippen molar-refractivity contribution in [3.05, 3.63) is 33.9 Å². The van der Waals surface area contributed by atoms with Crippen LogP contribution in [-0.4, -0.2) is 36.5 Å². The molecule has 0 spiro atoms. The lowest BCUT2D eigenvalue weighted by atomic mass is 10.1. The Bertz CT molecular complexity index is 574. The second-order valence-corrected chi connectivity index (χ2v) is 4.69. The molecule has 0 aliphatic carbocycles. The van der Waals surface area contributed by atoms with E-state index in [1.165, 1.54) is 12.1 Å². The van der Waals surface area contributed by atoms with Gasteiger partial charge in [-0.25, -0.2) is 4.79 Å². The predicted octanol–water partition coefficient (Wildman–Crippen LogP) is 1.71. The molecule has 2 N–H and O–H groups in total. The molecule has 0 aliphatic rings. The number of ether oxygens (including phenoxy) is 1. The Kier molecular flexibility index (Phi) is 6.30. The number of hydrogen-bond acceptors (Lipinski definition) is 6. The molecule has 22 heavy (non-hydrogen) atoms. The number of hydrogen-bond donors (Lipinski definition) is 2. The first kappa shape index (κ1) is 17.4. The number of nitro groups is 1. The molecule has 1 rings (SSSR count). The first-order valence-electron chi connectivity index (χ1n) is 6.81. The van der Waals surface area contributed by atoms with Crippen LogP contribution in [0.5, 0.6) is 0 Å². The van der Waals surface area contributed by atoms with E-state index in [2.05, 4.69) is 10.6 Å². The van der Waals surface area contributed by atoms with Gasteiger partial charge in [-0.3, -0.25) is 14.9 Å². The van der Waals surface area contributed by atoms with Gasteiger partial charge in [0.25, 0.3) is 11.6 Å². The lowest BCUT2D eigenvalue weighted by Crippen LogP contribution is -2.35. The number of esters is 1. The zero-order valence-corrected chi connectivity index (χ0v) is 12.7. The molecule has 0 aromatic heterocycles. The smallest absolute Gasteiger partial charge is 0.341 e. The fourth-order valence-electron chi connectivity index (χ4n) is 1.66. The summed E-state index contributed by atoms with van der Waals surface area (Å²) < 4.78 is 4.90. The Balaban J connectivity index is 2.78. The topological polar surface area (TPSA) is 111 Å². The number of amides is 1. The molecular formula is C14H19N3O5. The highest BCUT2D eigenvalue weighted by Crippen LogP contribution is 2.22. The molecular weight excluding hydrogens is 290 g/mol. The summed E-state index contributed by atoms with van der Waals surface area (Å²) in [5.74, 6) is -1.22. The van der Waals surface area contributed by atoms with Gasteiger partial charge in [-0.1, -0.05) is 6.92 Å². The SMILES string of the molecule is CC[C@@H](C)NC(=O)COC(=O)c1cc([N+](=O)[O-])ccc1NC. The average molecular weight is 309 g/mol. The van der Waals surface area contributed by atoms with E-state index < -0.39 is 23.4 Å². The van der Waals surface area contributed by atoms with E-state index >= 15 is 0 Å². The average Bonchev–Trinajstić information content (AvgIpc) is 2.51. The zero-order valence-electron chi connectivity index (χ0n) is 12.7. The molecule has 1 aromatic carbocycles. The van der Waals surface area contributed by atoms with E-state index in [1.54, 1.807) is 7.05 Å². The van der Waals surface area contributed by atoms with Crippen molar-refractivity contribution in [1.82, 2.24) is 5.32 Å². The van der Waals surface area contributed by atoms with E-state index in [0.717, 1.165) is 12.5 Å². The summed E-state index contributed by atoms with van der Waals surface area (Å²) in [6.07, 6.45) is 0.758. The lowest BCUT2D eigenvalue weighted by molar-refractivity contribution is -0.384. The molecule has 0 radical (unpaired) electrons. The Morgan fingerprint density at radius 3 is 2.64 bits per heavy atom. The first-order valence-corrected chi connectivity index (χ1v) is 6.81. The van der Waals surface area contributed by atoms with Gasteiger partial charge in [0.05, 0.1) is 10.5 Å². The Labute approximate surface area is 128 Å². The maximum atomic E-state index is 12.0. The van der Waals surface area contributed by atoms with Gasteiger partial charge in [-0.2, -0.15) is 0 Å². The maximum absolute atomic E-state index is 12.0. The molecule has 0 saturated carbocycles. The van der Waals surface area contributed by atoms with Crippen molar-refractivity contribution in [2.24, 2.45) is 0 Å². The fraction of sp³-hybridized carbons (Fsp3) is 0.429. The first-order chi connectivity index (χ1) is 10.4. The summed E-state index contributed by atoms with van der Waals surface area (Å²) in [6.45, 7) is 3.31. The van der Waals surface area contributed by atoms with Gasteiger partial charge >= 0.3 is 5.97 Å². The second kappa shape index (κ2) is 7.96. The van der Waals surface area contributed by atoms with Crippen molar-refractivity contribution in [2.75, 3.05) is 19.0 Å². The summed E-state index contributed by atoms with van der Waals surface area (Å²) in [6, 6.07) is 3.78. The molecule has 120 valence electrons. The number of non-ortho nitro benzene ring substituents is 1. The third kappa shape index (κ3) is 4.72. The summed E-state index contributed by atoms with van der Waals surface area (Å²) in [5.41, 5.74) is 0.168. The van der Waals surface area contributed by atoms with Crippen molar-refractivity contribution in [3.63, 3.8) is 0 Å². The molecule has 0 heterocycles. The summed E-state index contributed by atoms with van der Waals surface area (Å²) >= 11 is 0. The van der Waals surface area contributed by atoms with Crippen molar-refractivity contribution in [1.29, 1.82) is 0 Å². The summed E-state index contributed by atoms with van der Waals surface area (Å²) in [7, 11) is 1.58. The van der Waals surface area contributed by atoms with Crippen LogP contribution in [0, 0.1) is 10.1 Å². The van der Waals surface area contributed by atoms with Gasteiger partial charge in [0.15, 0.2) is 6.61 Å². The van der Waals surface area contributed by atoms with Gasteiger partial charge in [0.2, 0.25) is 0 Å². The quantitative estimate of drug-likeness (QED) is 0.450. The second-order valence-electron chi connectivity index (χ2n) is 4.69. The van der Waals surface area contributed by atoms with Crippen LogP contribution in [-0.2, 0) is 9.53 Å². The Morgan fingerprint density at radius 2 is 2.09 bits per heavy atom. The number of benzene rings is 1. The molecule has 8 heteroatoms. The molecule has 0 fully saturated rings. The zero-order chi connectivity index (χ0) is 16.7. The minimum absolute atomic E-state index is 0.00744. The number of rotatable bonds is 7. The van der Waals surface area contributed by atoms with Crippen LogP contribution in [0.1, 0.15) is 30.6 Å². The van der Waals surface area contributed by atoms with Gasteiger partial charge in [0, 0.05) is 30.9 Å². The van der Waals surface area contributed by atoms with E-state index in [0.29, 0.717) is 5.69 Å². The Morgan fingerprint density at radius 1 is 1.41 bits per heavy atom. The van der Waals surface area contributed by atoms with Crippen LogP contribution in [0.25, 0.3) is 0 Å². The number of nitrogens with zero attached hydrogens (tertiary/aromatic N) is 1. The minimum atomic E-state index is -0.799. The molecule has 1 atom stereocenters. The highest BCUT2D eigenvalue weighted by molar-refractivity contribution is 5.97. The van der Waals surface area contributed by atoms with Gasteiger partial charge in [-0.15, -0.1) is 0 Å². The summed E-state index contributed by atoms with van der Waals surface area (Å²) in [4.78, 5) is 33.7. The molecule has 1 aromatic rings. The highest BCUT2D eigenvalue weighted by Gasteiger charge is 2.18. The van der Waals surface area contributed by atoms with Gasteiger partial charge in [0.1, 0.15) is 0 Å². The molecule has 0 saturated heterocycles. The third-order valence-corrected chi connectivity index (χ3v) is 3.06. The maximum Gasteiger partial charge on any atom is 0.341 e. The fourth-order valence-corrected chi connectivity index (χ4v) is 1.66. The monoisotopic (exact) mass is 309 g/mol. The molecule has 0 aliphatic heterocycles. The molecule has 0 unspecified atom stereocenters. The number of carbonyl (C=O) groups excluding carboxylic acids is 2. The van der Waals surface area contributed by atoms with Crippen LogP contribution >= 0.6 is 0 Å².